The molecule has 0 radical (unpaired) electrons. The van der Waals surface area contributed by atoms with Crippen LogP contribution in [0.1, 0.15) is 39.0 Å². The monoisotopic (exact) mass is 222 g/mol. The Balaban J connectivity index is 1.88. The van der Waals surface area contributed by atoms with Gasteiger partial charge in [0.05, 0.1) is 0 Å². The summed E-state index contributed by atoms with van der Waals surface area (Å²) in [5.74, 6) is -0.611. The van der Waals surface area contributed by atoms with Crippen LogP contribution in [0.25, 0.3) is 0 Å². The van der Waals surface area contributed by atoms with E-state index in [0.717, 1.165) is 18.4 Å². The van der Waals surface area contributed by atoms with Crippen LogP contribution in [0.4, 0.5) is 0 Å². The first-order valence-electron chi connectivity index (χ1n) is 5.89. The standard InChI is InChI=1S/C12H18N2O2/c1-8(10(13)15)14-11(16)9-7-12(9)5-3-2-4-6-12/h7-8H,2-6H2,1H3,(H2,13,15)(H,14,16)/t8-/m0/s1. The van der Waals surface area contributed by atoms with Gasteiger partial charge in [-0.3, -0.25) is 9.59 Å². The van der Waals surface area contributed by atoms with Gasteiger partial charge < -0.3 is 11.1 Å². The number of amides is 2. The molecule has 4 heteroatoms. The first kappa shape index (κ1) is 11.2. The fourth-order valence-corrected chi connectivity index (χ4v) is 2.47. The van der Waals surface area contributed by atoms with Gasteiger partial charge >= 0.3 is 0 Å². The molecule has 2 rings (SSSR count). The fraction of sp³-hybridized carbons (Fsp3) is 0.667. The van der Waals surface area contributed by atoms with Crippen LogP contribution in [0.5, 0.6) is 0 Å². The molecule has 1 spiro atoms. The van der Waals surface area contributed by atoms with Gasteiger partial charge in [0.1, 0.15) is 6.04 Å². The minimum atomic E-state index is -0.588. The maximum atomic E-state index is 11.8. The Morgan fingerprint density at radius 3 is 2.56 bits per heavy atom. The Bertz CT molecular complexity index is 354. The second-order valence-electron chi connectivity index (χ2n) is 4.87. The summed E-state index contributed by atoms with van der Waals surface area (Å²) in [5, 5.41) is 2.63. The number of allylic oxidation sites excluding steroid dienone is 1. The number of hydrogen-bond acceptors (Lipinski definition) is 2. The van der Waals surface area contributed by atoms with Crippen LogP contribution < -0.4 is 11.1 Å². The van der Waals surface area contributed by atoms with Gasteiger partial charge in [0, 0.05) is 11.0 Å². The van der Waals surface area contributed by atoms with E-state index in [0.29, 0.717) is 0 Å². The number of nitrogens with one attached hydrogen (secondary N) is 1. The number of primary amides is 1. The van der Waals surface area contributed by atoms with Gasteiger partial charge in [0.25, 0.3) is 0 Å². The number of nitrogens with two attached hydrogens (primary N) is 1. The lowest BCUT2D eigenvalue weighted by atomic mass is 9.82. The molecule has 0 aromatic carbocycles. The molecule has 88 valence electrons. The third-order valence-corrected chi connectivity index (χ3v) is 3.64. The van der Waals surface area contributed by atoms with Crippen molar-refractivity contribution >= 4 is 11.8 Å². The topological polar surface area (TPSA) is 72.2 Å². The molecule has 2 aliphatic rings. The quantitative estimate of drug-likeness (QED) is 0.743. The van der Waals surface area contributed by atoms with Crippen molar-refractivity contribution in [3.63, 3.8) is 0 Å². The molecule has 4 nitrogen and oxygen atoms in total. The minimum absolute atomic E-state index is 0.0691. The summed E-state index contributed by atoms with van der Waals surface area (Å²) in [5.41, 5.74) is 6.03. The van der Waals surface area contributed by atoms with E-state index >= 15 is 0 Å². The number of hydrogen-bond donors (Lipinski definition) is 2. The van der Waals surface area contributed by atoms with Crippen LogP contribution in [-0.2, 0) is 9.59 Å². The first-order valence-corrected chi connectivity index (χ1v) is 5.89. The Morgan fingerprint density at radius 2 is 2.00 bits per heavy atom. The molecule has 16 heavy (non-hydrogen) atoms. The van der Waals surface area contributed by atoms with E-state index in [1.54, 1.807) is 6.92 Å². The number of carbonyl (C=O) groups is 2. The van der Waals surface area contributed by atoms with E-state index < -0.39 is 11.9 Å². The van der Waals surface area contributed by atoms with E-state index in [2.05, 4.69) is 11.4 Å². The SMILES string of the molecule is C[C@H](NC(=O)C1=CC12CCCCC2)C(N)=O. The van der Waals surface area contributed by atoms with Crippen LogP contribution in [-0.4, -0.2) is 17.9 Å². The van der Waals surface area contributed by atoms with Crippen LogP contribution in [0, 0.1) is 5.41 Å². The zero-order valence-electron chi connectivity index (χ0n) is 9.58. The molecular formula is C12H18N2O2. The molecule has 1 atom stereocenters. The summed E-state index contributed by atoms with van der Waals surface area (Å²) in [6.45, 7) is 1.61. The number of carbonyl (C=O) groups excluding carboxylic acids is 2. The predicted molar refractivity (Wildman–Crippen MR) is 60.4 cm³/mol. The first-order chi connectivity index (χ1) is 7.55. The molecule has 0 aliphatic heterocycles. The van der Waals surface area contributed by atoms with Gasteiger partial charge in [-0.05, 0) is 19.8 Å². The van der Waals surface area contributed by atoms with Crippen LogP contribution in [0.3, 0.4) is 0 Å². The molecule has 0 heterocycles. The summed E-state index contributed by atoms with van der Waals surface area (Å²) in [7, 11) is 0. The van der Waals surface area contributed by atoms with Gasteiger partial charge in [0.15, 0.2) is 0 Å². The second kappa shape index (κ2) is 3.92. The summed E-state index contributed by atoms with van der Waals surface area (Å²) < 4.78 is 0. The lowest BCUT2D eigenvalue weighted by molar-refractivity contribution is -0.125. The molecule has 1 saturated carbocycles. The average Bonchev–Trinajstić information content (AvgIpc) is 2.93. The maximum absolute atomic E-state index is 11.8. The van der Waals surface area contributed by atoms with Crippen molar-refractivity contribution in [3.8, 4) is 0 Å². The van der Waals surface area contributed by atoms with E-state index in [4.69, 9.17) is 5.73 Å². The summed E-state index contributed by atoms with van der Waals surface area (Å²) in [6, 6.07) is -0.588. The van der Waals surface area contributed by atoms with Crippen molar-refractivity contribution in [1.29, 1.82) is 0 Å². The van der Waals surface area contributed by atoms with Crippen LogP contribution >= 0.6 is 0 Å². The molecule has 0 aromatic rings. The highest BCUT2D eigenvalue weighted by Crippen LogP contribution is 2.54. The highest BCUT2D eigenvalue weighted by Gasteiger charge is 2.48. The second-order valence-corrected chi connectivity index (χ2v) is 4.87. The fourth-order valence-electron chi connectivity index (χ4n) is 2.47. The largest absolute Gasteiger partial charge is 0.368 e. The molecular weight excluding hydrogens is 204 g/mol. The summed E-state index contributed by atoms with van der Waals surface area (Å²) in [4.78, 5) is 22.6. The third-order valence-electron chi connectivity index (χ3n) is 3.64. The molecule has 3 N–H and O–H groups in total. The van der Waals surface area contributed by atoms with Crippen molar-refractivity contribution < 1.29 is 9.59 Å². The highest BCUT2D eigenvalue weighted by atomic mass is 16.2. The smallest absolute Gasteiger partial charge is 0.248 e. The van der Waals surface area contributed by atoms with E-state index in [1.807, 2.05) is 0 Å². The van der Waals surface area contributed by atoms with Crippen molar-refractivity contribution in [2.24, 2.45) is 11.1 Å². The Morgan fingerprint density at radius 1 is 1.38 bits per heavy atom. The van der Waals surface area contributed by atoms with Crippen molar-refractivity contribution in [1.82, 2.24) is 5.32 Å². The Labute approximate surface area is 95.3 Å². The Kier molecular flexibility index (Phi) is 2.74. The highest BCUT2D eigenvalue weighted by molar-refractivity contribution is 6.02. The van der Waals surface area contributed by atoms with Crippen LogP contribution in [0.2, 0.25) is 0 Å². The predicted octanol–water partition coefficient (Wildman–Crippen LogP) is 0.867. The number of rotatable bonds is 3. The Hall–Kier alpha value is -1.32. The van der Waals surface area contributed by atoms with E-state index in [9.17, 15) is 9.59 Å². The molecule has 2 aliphatic carbocycles. The third kappa shape index (κ3) is 1.96. The summed E-state index contributed by atoms with van der Waals surface area (Å²) in [6.07, 6.45) is 7.87. The summed E-state index contributed by atoms with van der Waals surface area (Å²) >= 11 is 0. The molecule has 0 bridgehead atoms. The zero-order valence-corrected chi connectivity index (χ0v) is 9.58. The minimum Gasteiger partial charge on any atom is -0.368 e. The van der Waals surface area contributed by atoms with Crippen molar-refractivity contribution in [2.45, 2.75) is 45.1 Å². The molecule has 0 unspecified atom stereocenters. The molecule has 0 saturated heterocycles. The molecule has 1 fully saturated rings. The molecule has 2 amide bonds. The van der Waals surface area contributed by atoms with E-state index in [-0.39, 0.29) is 11.3 Å². The van der Waals surface area contributed by atoms with Gasteiger partial charge in [-0.15, -0.1) is 0 Å². The lowest BCUT2D eigenvalue weighted by Crippen LogP contribution is -2.42. The van der Waals surface area contributed by atoms with Crippen molar-refractivity contribution in [2.75, 3.05) is 0 Å². The van der Waals surface area contributed by atoms with Crippen LogP contribution in [0.15, 0.2) is 11.6 Å². The zero-order chi connectivity index (χ0) is 11.8. The average molecular weight is 222 g/mol. The van der Waals surface area contributed by atoms with Gasteiger partial charge in [-0.2, -0.15) is 0 Å². The lowest BCUT2D eigenvalue weighted by Gasteiger charge is -2.23. The van der Waals surface area contributed by atoms with E-state index in [1.165, 1.54) is 19.3 Å². The van der Waals surface area contributed by atoms with Gasteiger partial charge in [-0.1, -0.05) is 25.3 Å². The maximum Gasteiger partial charge on any atom is 0.248 e. The van der Waals surface area contributed by atoms with Gasteiger partial charge in [0.2, 0.25) is 11.8 Å². The van der Waals surface area contributed by atoms with Crippen molar-refractivity contribution in [3.05, 3.63) is 11.6 Å². The normalized spacial score (nSPS) is 23.4. The van der Waals surface area contributed by atoms with Gasteiger partial charge in [-0.25, -0.2) is 0 Å². The molecule has 0 aromatic heterocycles.